The Kier molecular flexibility index (Phi) is 2.56. The van der Waals surface area contributed by atoms with E-state index in [-0.39, 0.29) is 12.4 Å². The molecule has 0 amide bonds. The normalized spacial score (nSPS) is 25.1. The standard InChI is InChI=1S/C11H11FO2S/c1-11(5-13)6-15-9-3-2-7(12)4-8(9)10(11)14/h2-4,13H,5-6H2,1H3. The third-order valence-corrected chi connectivity index (χ3v) is 4.08. The van der Waals surface area contributed by atoms with Gasteiger partial charge in [-0.15, -0.1) is 11.8 Å². The first-order valence-electron chi connectivity index (χ1n) is 4.65. The van der Waals surface area contributed by atoms with Gasteiger partial charge in [-0.05, 0) is 25.1 Å². The number of fused-ring (bicyclic) bond motifs is 1. The molecule has 0 fully saturated rings. The molecule has 1 heterocycles. The van der Waals surface area contributed by atoms with Crippen LogP contribution >= 0.6 is 11.8 Å². The molecule has 1 aliphatic heterocycles. The molecule has 1 atom stereocenters. The zero-order valence-electron chi connectivity index (χ0n) is 8.29. The number of hydrogen-bond acceptors (Lipinski definition) is 3. The van der Waals surface area contributed by atoms with E-state index in [2.05, 4.69) is 0 Å². The summed E-state index contributed by atoms with van der Waals surface area (Å²) in [6, 6.07) is 4.21. The lowest BCUT2D eigenvalue weighted by molar-refractivity contribution is 0.0726. The fraction of sp³-hybridized carbons (Fsp3) is 0.364. The number of hydrogen-bond donors (Lipinski definition) is 1. The van der Waals surface area contributed by atoms with Gasteiger partial charge in [-0.2, -0.15) is 0 Å². The van der Waals surface area contributed by atoms with Crippen LogP contribution in [0.2, 0.25) is 0 Å². The molecule has 1 aliphatic rings. The largest absolute Gasteiger partial charge is 0.395 e. The van der Waals surface area contributed by atoms with Crippen molar-refractivity contribution in [3.63, 3.8) is 0 Å². The molecule has 0 aliphatic carbocycles. The lowest BCUT2D eigenvalue weighted by Gasteiger charge is -2.30. The fourth-order valence-electron chi connectivity index (χ4n) is 1.55. The first-order valence-corrected chi connectivity index (χ1v) is 5.63. The van der Waals surface area contributed by atoms with E-state index in [0.29, 0.717) is 11.3 Å². The highest BCUT2D eigenvalue weighted by Gasteiger charge is 2.38. The van der Waals surface area contributed by atoms with Crippen molar-refractivity contribution in [3.05, 3.63) is 29.6 Å². The molecule has 1 unspecified atom stereocenters. The van der Waals surface area contributed by atoms with Crippen LogP contribution in [0.15, 0.2) is 23.1 Å². The molecule has 0 radical (unpaired) electrons. The minimum atomic E-state index is -0.772. The summed E-state index contributed by atoms with van der Waals surface area (Å²) in [6.45, 7) is 1.50. The van der Waals surface area contributed by atoms with Crippen molar-refractivity contribution in [1.82, 2.24) is 0 Å². The van der Waals surface area contributed by atoms with Gasteiger partial charge in [0.1, 0.15) is 5.82 Å². The fourth-order valence-corrected chi connectivity index (χ4v) is 2.72. The summed E-state index contributed by atoms with van der Waals surface area (Å²) >= 11 is 1.49. The Bertz CT molecular complexity index is 419. The highest BCUT2D eigenvalue weighted by atomic mass is 32.2. The number of aliphatic hydroxyl groups is 1. The zero-order valence-corrected chi connectivity index (χ0v) is 9.10. The van der Waals surface area contributed by atoms with Crippen LogP contribution < -0.4 is 0 Å². The van der Waals surface area contributed by atoms with Gasteiger partial charge in [-0.25, -0.2) is 4.39 Å². The summed E-state index contributed by atoms with van der Waals surface area (Å²) in [4.78, 5) is 12.8. The van der Waals surface area contributed by atoms with Crippen LogP contribution in [0.1, 0.15) is 17.3 Å². The van der Waals surface area contributed by atoms with Crippen molar-refractivity contribution in [2.45, 2.75) is 11.8 Å². The number of thioether (sulfide) groups is 1. The number of carbonyl (C=O) groups excluding carboxylic acids is 1. The Morgan fingerprint density at radius 1 is 1.60 bits per heavy atom. The van der Waals surface area contributed by atoms with Gasteiger partial charge in [0.25, 0.3) is 0 Å². The van der Waals surface area contributed by atoms with Gasteiger partial charge in [0.2, 0.25) is 0 Å². The molecule has 1 N–H and O–H groups in total. The minimum Gasteiger partial charge on any atom is -0.395 e. The third-order valence-electron chi connectivity index (χ3n) is 2.63. The SMILES string of the molecule is CC1(CO)CSc2ccc(F)cc2C1=O. The maximum atomic E-state index is 13.0. The quantitative estimate of drug-likeness (QED) is 0.797. The van der Waals surface area contributed by atoms with Crippen molar-refractivity contribution < 1.29 is 14.3 Å². The molecule has 0 saturated heterocycles. The molecule has 0 spiro atoms. The van der Waals surface area contributed by atoms with Gasteiger partial charge in [0.15, 0.2) is 5.78 Å². The second-order valence-electron chi connectivity index (χ2n) is 3.98. The Hall–Kier alpha value is -0.870. The van der Waals surface area contributed by atoms with Crippen molar-refractivity contribution in [2.75, 3.05) is 12.4 Å². The van der Waals surface area contributed by atoms with E-state index in [0.717, 1.165) is 4.90 Å². The van der Waals surface area contributed by atoms with Crippen molar-refractivity contribution in [1.29, 1.82) is 0 Å². The summed E-state index contributed by atoms with van der Waals surface area (Å²) in [5.74, 6) is -0.0378. The summed E-state index contributed by atoms with van der Waals surface area (Å²) in [6.07, 6.45) is 0. The van der Waals surface area contributed by atoms with Crippen LogP contribution in [-0.2, 0) is 0 Å². The lowest BCUT2D eigenvalue weighted by Crippen LogP contribution is -2.37. The molecule has 0 bridgehead atoms. The summed E-state index contributed by atoms with van der Waals surface area (Å²) < 4.78 is 13.0. The lowest BCUT2D eigenvalue weighted by atomic mass is 9.84. The van der Waals surface area contributed by atoms with Crippen molar-refractivity contribution >= 4 is 17.5 Å². The third kappa shape index (κ3) is 1.68. The minimum absolute atomic E-state index is 0.168. The number of benzene rings is 1. The molecule has 80 valence electrons. The summed E-state index contributed by atoms with van der Waals surface area (Å²) in [7, 11) is 0. The van der Waals surface area contributed by atoms with Crippen LogP contribution in [0.25, 0.3) is 0 Å². The summed E-state index contributed by atoms with van der Waals surface area (Å²) in [5.41, 5.74) is -0.381. The van der Waals surface area contributed by atoms with Crippen LogP contribution in [-0.4, -0.2) is 23.2 Å². The maximum absolute atomic E-state index is 13.0. The predicted molar refractivity (Wildman–Crippen MR) is 56.6 cm³/mol. The average molecular weight is 226 g/mol. The summed E-state index contributed by atoms with van der Waals surface area (Å²) in [5, 5.41) is 9.19. The molecule has 1 aromatic rings. The second kappa shape index (κ2) is 3.61. The van der Waals surface area contributed by atoms with Crippen LogP contribution in [0, 0.1) is 11.2 Å². The Morgan fingerprint density at radius 3 is 3.00 bits per heavy atom. The molecule has 0 saturated carbocycles. The van der Waals surface area contributed by atoms with E-state index in [9.17, 15) is 14.3 Å². The molecular weight excluding hydrogens is 215 g/mol. The highest BCUT2D eigenvalue weighted by molar-refractivity contribution is 7.99. The van der Waals surface area contributed by atoms with Gasteiger partial charge in [0.05, 0.1) is 12.0 Å². The first kappa shape index (κ1) is 10.6. The number of carbonyl (C=O) groups is 1. The van der Waals surface area contributed by atoms with E-state index in [4.69, 9.17) is 0 Å². The number of Topliss-reactive ketones (excluding diaryl/α,β-unsaturated/α-hetero) is 1. The number of ketones is 1. The topological polar surface area (TPSA) is 37.3 Å². The number of aliphatic hydroxyl groups excluding tert-OH is 1. The number of rotatable bonds is 1. The van der Waals surface area contributed by atoms with Gasteiger partial charge in [-0.3, -0.25) is 4.79 Å². The molecular formula is C11H11FO2S. The highest BCUT2D eigenvalue weighted by Crippen LogP contribution is 2.39. The van der Waals surface area contributed by atoms with E-state index in [1.807, 2.05) is 0 Å². The van der Waals surface area contributed by atoms with Crippen LogP contribution in [0.3, 0.4) is 0 Å². The zero-order chi connectivity index (χ0) is 11.1. The first-order chi connectivity index (χ1) is 7.07. The molecule has 0 aromatic heterocycles. The molecule has 2 rings (SSSR count). The molecule has 2 nitrogen and oxygen atoms in total. The molecule has 15 heavy (non-hydrogen) atoms. The number of halogens is 1. The maximum Gasteiger partial charge on any atom is 0.173 e. The molecule has 1 aromatic carbocycles. The van der Waals surface area contributed by atoms with Crippen LogP contribution in [0.5, 0.6) is 0 Å². The van der Waals surface area contributed by atoms with Gasteiger partial charge in [-0.1, -0.05) is 0 Å². The van der Waals surface area contributed by atoms with E-state index < -0.39 is 11.2 Å². The van der Waals surface area contributed by atoms with E-state index in [1.165, 1.54) is 23.9 Å². The Labute approximate surface area is 91.5 Å². The van der Waals surface area contributed by atoms with Crippen molar-refractivity contribution in [2.24, 2.45) is 5.41 Å². The molecule has 4 heteroatoms. The monoisotopic (exact) mass is 226 g/mol. The predicted octanol–water partition coefficient (Wildman–Crippen LogP) is 2.11. The Balaban J connectivity index is 2.50. The smallest absolute Gasteiger partial charge is 0.173 e. The van der Waals surface area contributed by atoms with Crippen LogP contribution in [0.4, 0.5) is 4.39 Å². The van der Waals surface area contributed by atoms with Crippen molar-refractivity contribution in [3.8, 4) is 0 Å². The van der Waals surface area contributed by atoms with Gasteiger partial charge < -0.3 is 5.11 Å². The van der Waals surface area contributed by atoms with Gasteiger partial charge in [0, 0.05) is 16.2 Å². The Morgan fingerprint density at radius 2 is 2.33 bits per heavy atom. The van der Waals surface area contributed by atoms with Gasteiger partial charge >= 0.3 is 0 Å². The second-order valence-corrected chi connectivity index (χ2v) is 4.99. The van der Waals surface area contributed by atoms with E-state index in [1.54, 1.807) is 13.0 Å². The van der Waals surface area contributed by atoms with E-state index >= 15 is 0 Å². The average Bonchev–Trinajstić information content (AvgIpc) is 2.24.